The number of fused-ring (bicyclic) bond motifs is 1. The van der Waals surface area contributed by atoms with Gasteiger partial charge >= 0.3 is 0 Å². The molecule has 1 amide bonds. The van der Waals surface area contributed by atoms with E-state index in [1.54, 1.807) is 0 Å². The minimum atomic E-state index is 0.0907. The van der Waals surface area contributed by atoms with Gasteiger partial charge in [0, 0.05) is 29.5 Å². The van der Waals surface area contributed by atoms with Gasteiger partial charge in [-0.2, -0.15) is 0 Å². The second-order valence-electron chi connectivity index (χ2n) is 6.41. The molecular formula is C19H19ClN4OS. The van der Waals surface area contributed by atoms with Gasteiger partial charge in [-0.15, -0.1) is 11.3 Å². The number of hydrogen-bond acceptors (Lipinski definition) is 5. The van der Waals surface area contributed by atoms with Crippen molar-refractivity contribution in [3.05, 3.63) is 50.9 Å². The number of carbonyl (C=O) groups excluding carboxylic acids is 1. The number of amides is 1. The number of rotatable bonds is 4. The van der Waals surface area contributed by atoms with Crippen molar-refractivity contribution in [1.29, 1.82) is 0 Å². The zero-order chi connectivity index (χ0) is 18.1. The first-order valence-corrected chi connectivity index (χ1v) is 9.84. The molecule has 7 heteroatoms. The second-order valence-corrected chi connectivity index (χ2v) is 8.07. The summed E-state index contributed by atoms with van der Waals surface area (Å²) in [6.07, 6.45) is 3.69. The van der Waals surface area contributed by atoms with Gasteiger partial charge in [0.2, 0.25) is 0 Å². The lowest BCUT2D eigenvalue weighted by Crippen LogP contribution is -2.27. The minimum Gasteiger partial charge on any atom is -0.365 e. The second kappa shape index (κ2) is 7.21. The summed E-state index contributed by atoms with van der Waals surface area (Å²) in [4.78, 5) is 25.4. The van der Waals surface area contributed by atoms with Crippen LogP contribution < -0.4 is 5.32 Å². The number of carbonyl (C=O) groups is 1. The molecule has 0 unspecified atom stereocenters. The predicted molar refractivity (Wildman–Crippen MR) is 106 cm³/mol. The molecule has 0 saturated carbocycles. The number of benzene rings is 1. The van der Waals surface area contributed by atoms with Crippen LogP contribution >= 0.6 is 22.9 Å². The van der Waals surface area contributed by atoms with Gasteiger partial charge in [0.25, 0.3) is 5.91 Å². The first-order chi connectivity index (χ1) is 12.6. The Morgan fingerprint density at radius 2 is 1.96 bits per heavy atom. The Kier molecular flexibility index (Phi) is 4.78. The third-order valence-corrected chi connectivity index (χ3v) is 5.96. The number of hydrogen-bond donors (Lipinski definition) is 1. The molecule has 3 heterocycles. The largest absolute Gasteiger partial charge is 0.365 e. The first kappa shape index (κ1) is 17.2. The molecule has 1 N–H and O–H groups in total. The highest BCUT2D eigenvalue weighted by atomic mass is 35.5. The molecule has 3 aromatic rings. The van der Waals surface area contributed by atoms with Crippen molar-refractivity contribution in [3.8, 4) is 0 Å². The van der Waals surface area contributed by atoms with Crippen LogP contribution in [0.5, 0.6) is 0 Å². The van der Waals surface area contributed by atoms with Gasteiger partial charge in [-0.1, -0.05) is 23.7 Å². The fraction of sp³-hybridized carbons (Fsp3) is 0.316. The zero-order valence-electron chi connectivity index (χ0n) is 14.5. The Labute approximate surface area is 161 Å². The minimum absolute atomic E-state index is 0.0907. The zero-order valence-corrected chi connectivity index (χ0v) is 16.0. The van der Waals surface area contributed by atoms with E-state index < -0.39 is 0 Å². The molecule has 26 heavy (non-hydrogen) atoms. The number of aryl methyl sites for hydroxylation is 1. The molecule has 134 valence electrons. The molecule has 0 spiro atoms. The number of anilines is 1. The molecule has 5 nitrogen and oxygen atoms in total. The van der Waals surface area contributed by atoms with Crippen LogP contribution in [0.25, 0.3) is 10.9 Å². The normalized spacial score (nSPS) is 14.2. The fourth-order valence-electron chi connectivity index (χ4n) is 3.27. The number of likely N-dealkylation sites (tertiary alicyclic amines) is 1. The van der Waals surface area contributed by atoms with Gasteiger partial charge < -0.3 is 10.2 Å². The van der Waals surface area contributed by atoms with Gasteiger partial charge in [0.15, 0.2) is 0 Å². The highest BCUT2D eigenvalue weighted by Crippen LogP contribution is 2.34. The first-order valence-electron chi connectivity index (χ1n) is 8.65. The van der Waals surface area contributed by atoms with Crippen LogP contribution in [0.1, 0.15) is 33.0 Å². The topological polar surface area (TPSA) is 58.1 Å². The lowest BCUT2D eigenvalue weighted by molar-refractivity contribution is 0.0799. The number of nitrogens with zero attached hydrogens (tertiary/aromatic N) is 3. The number of thiophene rings is 1. The number of nitrogens with one attached hydrogen (secondary N) is 1. The van der Waals surface area contributed by atoms with Crippen molar-refractivity contribution in [1.82, 2.24) is 14.9 Å². The molecule has 2 aromatic heterocycles. The Hall–Kier alpha value is -2.18. The van der Waals surface area contributed by atoms with Gasteiger partial charge in [0.05, 0.1) is 10.9 Å². The number of halogens is 1. The van der Waals surface area contributed by atoms with E-state index in [1.165, 1.54) is 17.7 Å². The molecule has 0 bridgehead atoms. The maximum atomic E-state index is 12.8. The summed E-state index contributed by atoms with van der Waals surface area (Å²) < 4.78 is 0. The predicted octanol–water partition coefficient (Wildman–Crippen LogP) is 4.50. The third-order valence-electron chi connectivity index (χ3n) is 4.63. The van der Waals surface area contributed by atoms with Gasteiger partial charge in [-0.3, -0.25) is 4.79 Å². The lowest BCUT2D eigenvalue weighted by Gasteiger charge is -2.13. The van der Waals surface area contributed by atoms with Crippen LogP contribution in [-0.4, -0.2) is 33.9 Å². The van der Waals surface area contributed by atoms with Crippen LogP contribution in [0.2, 0.25) is 5.02 Å². The summed E-state index contributed by atoms with van der Waals surface area (Å²) in [5.74, 6) is 0.854. The van der Waals surface area contributed by atoms with E-state index in [-0.39, 0.29) is 5.91 Å². The van der Waals surface area contributed by atoms with E-state index in [0.29, 0.717) is 6.54 Å². The standard InChI is InChI=1S/C19H19ClN4OS/c1-12-15-16(17(26-12)19(25)24-8-2-3-9-24)22-11-23-18(15)21-10-13-4-6-14(20)7-5-13/h4-7,11H,2-3,8-10H2,1H3,(H,21,22,23). The SMILES string of the molecule is Cc1sc(C(=O)N2CCCC2)c2ncnc(NCc3ccc(Cl)cc3)c12. The summed E-state index contributed by atoms with van der Waals surface area (Å²) in [6, 6.07) is 7.71. The van der Waals surface area contributed by atoms with Gasteiger partial charge in [0.1, 0.15) is 17.0 Å². The summed E-state index contributed by atoms with van der Waals surface area (Å²) in [7, 11) is 0. The van der Waals surface area contributed by atoms with E-state index in [1.807, 2.05) is 36.1 Å². The molecule has 0 atom stereocenters. The van der Waals surface area contributed by atoms with Crippen LogP contribution in [-0.2, 0) is 6.54 Å². The Morgan fingerprint density at radius 1 is 1.23 bits per heavy atom. The molecular weight excluding hydrogens is 368 g/mol. The van der Waals surface area contributed by atoms with Crippen molar-refractivity contribution >= 4 is 45.6 Å². The average Bonchev–Trinajstić information content (AvgIpc) is 3.30. The van der Waals surface area contributed by atoms with Gasteiger partial charge in [-0.05, 0) is 37.5 Å². The molecule has 4 rings (SSSR count). The van der Waals surface area contributed by atoms with Crippen molar-refractivity contribution in [2.45, 2.75) is 26.3 Å². The van der Waals surface area contributed by atoms with E-state index in [9.17, 15) is 4.79 Å². The highest BCUT2D eigenvalue weighted by molar-refractivity contribution is 7.15. The third kappa shape index (κ3) is 3.27. The molecule has 0 radical (unpaired) electrons. The fourth-order valence-corrected chi connectivity index (χ4v) is 4.47. The van der Waals surface area contributed by atoms with Crippen LogP contribution in [0.15, 0.2) is 30.6 Å². The molecule has 1 aliphatic rings. The average molecular weight is 387 g/mol. The van der Waals surface area contributed by atoms with E-state index in [4.69, 9.17) is 11.6 Å². The molecule has 1 fully saturated rings. The monoisotopic (exact) mass is 386 g/mol. The smallest absolute Gasteiger partial charge is 0.266 e. The molecule has 1 saturated heterocycles. The molecule has 1 aromatic carbocycles. The summed E-state index contributed by atoms with van der Waals surface area (Å²) in [5.41, 5.74) is 1.86. The van der Waals surface area contributed by atoms with Crippen molar-refractivity contribution in [2.24, 2.45) is 0 Å². The Balaban J connectivity index is 1.63. The Morgan fingerprint density at radius 3 is 2.69 bits per heavy atom. The number of aromatic nitrogens is 2. The highest BCUT2D eigenvalue weighted by Gasteiger charge is 2.25. The van der Waals surface area contributed by atoms with E-state index >= 15 is 0 Å². The van der Waals surface area contributed by atoms with Crippen molar-refractivity contribution in [3.63, 3.8) is 0 Å². The van der Waals surface area contributed by atoms with Crippen LogP contribution in [0, 0.1) is 6.92 Å². The quantitative estimate of drug-likeness (QED) is 0.717. The summed E-state index contributed by atoms with van der Waals surface area (Å²) in [5, 5.41) is 5.03. The van der Waals surface area contributed by atoms with Crippen molar-refractivity contribution in [2.75, 3.05) is 18.4 Å². The summed E-state index contributed by atoms with van der Waals surface area (Å²) >= 11 is 7.45. The van der Waals surface area contributed by atoms with Crippen LogP contribution in [0.3, 0.4) is 0 Å². The van der Waals surface area contributed by atoms with Crippen LogP contribution in [0.4, 0.5) is 5.82 Å². The van der Waals surface area contributed by atoms with E-state index in [0.717, 1.165) is 63.0 Å². The maximum absolute atomic E-state index is 12.8. The molecule has 0 aliphatic carbocycles. The van der Waals surface area contributed by atoms with E-state index in [2.05, 4.69) is 15.3 Å². The van der Waals surface area contributed by atoms with Crippen molar-refractivity contribution < 1.29 is 4.79 Å². The molecule has 1 aliphatic heterocycles. The maximum Gasteiger partial charge on any atom is 0.266 e. The summed E-state index contributed by atoms with van der Waals surface area (Å²) in [6.45, 7) is 4.33. The Bertz CT molecular complexity index is 948. The van der Waals surface area contributed by atoms with Gasteiger partial charge in [-0.25, -0.2) is 9.97 Å². The lowest BCUT2D eigenvalue weighted by atomic mass is 10.2.